The first-order valence-corrected chi connectivity index (χ1v) is 10.2. The number of nitrogens with zero attached hydrogens (tertiary/aromatic N) is 1. The Bertz CT molecular complexity index is 1230. The summed E-state index contributed by atoms with van der Waals surface area (Å²) in [4.78, 5) is 22.0. The number of nitro groups is 1. The molecule has 0 atom stereocenters. The molecule has 0 aliphatic carbocycles. The zero-order valence-corrected chi connectivity index (χ0v) is 16.6. The fourth-order valence-electron chi connectivity index (χ4n) is 2.46. The van der Waals surface area contributed by atoms with Crippen molar-refractivity contribution < 1.29 is 22.5 Å². The second-order valence-electron chi connectivity index (χ2n) is 5.99. The van der Waals surface area contributed by atoms with Gasteiger partial charge in [0.15, 0.2) is 0 Å². The summed E-state index contributed by atoms with van der Waals surface area (Å²) >= 11 is 5.70. The van der Waals surface area contributed by atoms with Gasteiger partial charge in [0.2, 0.25) is 0 Å². The molecule has 8 nitrogen and oxygen atoms in total. The molecule has 0 fully saturated rings. The van der Waals surface area contributed by atoms with Crippen LogP contribution in [0.3, 0.4) is 0 Å². The molecule has 0 aliphatic rings. The van der Waals surface area contributed by atoms with Gasteiger partial charge in [-0.1, -0.05) is 23.7 Å². The Labute approximate surface area is 175 Å². The molecule has 0 unspecified atom stereocenters. The molecule has 3 aromatic carbocycles. The summed E-state index contributed by atoms with van der Waals surface area (Å²) in [6.07, 6.45) is 0. The van der Waals surface area contributed by atoms with Crippen LogP contribution in [0.4, 0.5) is 21.5 Å². The maximum Gasteiger partial charge on any atom is 0.289 e. The average Bonchev–Trinajstić information content (AvgIpc) is 2.70. The van der Waals surface area contributed by atoms with Crippen LogP contribution in [0, 0.1) is 15.9 Å². The van der Waals surface area contributed by atoms with Gasteiger partial charge >= 0.3 is 0 Å². The molecule has 0 aliphatic heterocycles. The highest BCUT2D eigenvalue weighted by molar-refractivity contribution is 7.92. The lowest BCUT2D eigenvalue weighted by molar-refractivity contribution is -0.384. The number of benzene rings is 3. The number of hydrogen-bond donors (Lipinski definition) is 2. The second-order valence-corrected chi connectivity index (χ2v) is 8.08. The van der Waals surface area contributed by atoms with Crippen LogP contribution >= 0.6 is 11.6 Å². The van der Waals surface area contributed by atoms with Crippen LogP contribution in [-0.4, -0.2) is 19.2 Å². The van der Waals surface area contributed by atoms with Crippen LogP contribution < -0.4 is 10.0 Å². The molecule has 11 heteroatoms. The minimum Gasteiger partial charge on any atom is -0.319 e. The fraction of sp³-hybridized carbons (Fsp3) is 0. The number of para-hydroxylation sites is 1. The zero-order valence-electron chi connectivity index (χ0n) is 15.0. The van der Waals surface area contributed by atoms with Crippen molar-refractivity contribution in [3.8, 4) is 0 Å². The Morgan fingerprint density at radius 3 is 2.33 bits per heavy atom. The maximum atomic E-state index is 13.6. The summed E-state index contributed by atoms with van der Waals surface area (Å²) < 4.78 is 40.9. The SMILES string of the molecule is O=C(Nc1ccccc1F)c1ccc(NS(=O)(=O)c2ccc(Cl)c([N+](=O)[O-])c2)cc1. The maximum absolute atomic E-state index is 13.6. The number of carbonyl (C=O) groups excluding carboxylic acids is 1. The van der Waals surface area contributed by atoms with Gasteiger partial charge in [0.1, 0.15) is 10.8 Å². The molecule has 30 heavy (non-hydrogen) atoms. The summed E-state index contributed by atoms with van der Waals surface area (Å²) in [5.41, 5.74) is -0.241. The Balaban J connectivity index is 1.76. The number of amides is 1. The van der Waals surface area contributed by atoms with E-state index in [4.69, 9.17) is 11.6 Å². The molecule has 154 valence electrons. The second kappa shape index (κ2) is 8.47. The van der Waals surface area contributed by atoms with E-state index in [0.29, 0.717) is 0 Å². The van der Waals surface area contributed by atoms with Crippen LogP contribution in [0.25, 0.3) is 0 Å². The van der Waals surface area contributed by atoms with Crippen LogP contribution in [-0.2, 0) is 10.0 Å². The van der Waals surface area contributed by atoms with Gasteiger partial charge in [-0.05, 0) is 48.5 Å². The molecular weight excluding hydrogens is 437 g/mol. The van der Waals surface area contributed by atoms with Crippen molar-refractivity contribution >= 4 is 44.6 Å². The van der Waals surface area contributed by atoms with Gasteiger partial charge in [0, 0.05) is 17.3 Å². The van der Waals surface area contributed by atoms with E-state index < -0.39 is 32.4 Å². The predicted molar refractivity (Wildman–Crippen MR) is 110 cm³/mol. The van der Waals surface area contributed by atoms with Crippen LogP contribution in [0.5, 0.6) is 0 Å². The average molecular weight is 450 g/mol. The quantitative estimate of drug-likeness (QED) is 0.426. The van der Waals surface area contributed by atoms with Crippen molar-refractivity contribution in [2.75, 3.05) is 10.0 Å². The molecule has 0 saturated carbocycles. The zero-order chi connectivity index (χ0) is 21.9. The first-order valence-electron chi connectivity index (χ1n) is 8.30. The number of nitrogens with one attached hydrogen (secondary N) is 2. The van der Waals surface area contributed by atoms with Crippen molar-refractivity contribution in [2.45, 2.75) is 4.90 Å². The van der Waals surface area contributed by atoms with Gasteiger partial charge in [0.05, 0.1) is 15.5 Å². The molecule has 0 radical (unpaired) electrons. The molecule has 1 amide bonds. The molecule has 0 spiro atoms. The van der Waals surface area contributed by atoms with Gasteiger partial charge in [0.25, 0.3) is 21.6 Å². The van der Waals surface area contributed by atoms with Crippen molar-refractivity contribution in [3.05, 3.63) is 93.2 Å². The van der Waals surface area contributed by atoms with Crippen molar-refractivity contribution in [1.82, 2.24) is 0 Å². The lowest BCUT2D eigenvalue weighted by Crippen LogP contribution is -2.15. The molecule has 3 rings (SSSR count). The van der Waals surface area contributed by atoms with E-state index in [9.17, 15) is 27.7 Å². The normalized spacial score (nSPS) is 11.0. The number of nitro benzene ring substituents is 1. The topological polar surface area (TPSA) is 118 Å². The van der Waals surface area contributed by atoms with Gasteiger partial charge in [-0.2, -0.15) is 0 Å². The number of anilines is 2. The Morgan fingerprint density at radius 2 is 1.70 bits per heavy atom. The van der Waals surface area contributed by atoms with E-state index in [1.54, 1.807) is 6.07 Å². The van der Waals surface area contributed by atoms with E-state index in [2.05, 4.69) is 10.0 Å². The number of hydrogen-bond acceptors (Lipinski definition) is 5. The molecule has 0 saturated heterocycles. The summed E-state index contributed by atoms with van der Waals surface area (Å²) in [7, 11) is -4.14. The minimum absolute atomic E-state index is 0.0108. The minimum atomic E-state index is -4.14. The van der Waals surface area contributed by atoms with Crippen molar-refractivity contribution in [2.24, 2.45) is 0 Å². The highest BCUT2D eigenvalue weighted by Gasteiger charge is 2.21. The Kier molecular flexibility index (Phi) is 5.99. The molecular formula is C19H13ClFN3O5S. The molecule has 0 heterocycles. The smallest absolute Gasteiger partial charge is 0.289 e. The third-order valence-corrected chi connectivity index (χ3v) is 5.64. The number of halogens is 2. The van der Waals surface area contributed by atoms with Crippen LogP contribution in [0.15, 0.2) is 71.6 Å². The standard InChI is InChI=1S/C19H13ClFN3O5S/c20-15-10-9-14(11-18(15)24(26)27)30(28,29)23-13-7-5-12(6-8-13)19(25)22-17-4-2-1-3-16(17)21/h1-11,23H,(H,22,25). The highest BCUT2D eigenvalue weighted by Crippen LogP contribution is 2.28. The summed E-state index contributed by atoms with van der Waals surface area (Å²) in [6, 6.07) is 14.1. The third-order valence-electron chi connectivity index (χ3n) is 3.95. The van der Waals surface area contributed by atoms with E-state index in [0.717, 1.165) is 18.2 Å². The van der Waals surface area contributed by atoms with Crippen molar-refractivity contribution in [3.63, 3.8) is 0 Å². The number of rotatable bonds is 6. The van der Waals surface area contributed by atoms with E-state index in [1.165, 1.54) is 42.5 Å². The number of carbonyl (C=O) groups is 1. The van der Waals surface area contributed by atoms with Gasteiger partial charge < -0.3 is 5.32 Å². The third kappa shape index (κ3) is 4.73. The van der Waals surface area contributed by atoms with Crippen LogP contribution in [0.2, 0.25) is 5.02 Å². The summed E-state index contributed by atoms with van der Waals surface area (Å²) in [5.74, 6) is -1.17. The molecule has 3 aromatic rings. The highest BCUT2D eigenvalue weighted by atomic mass is 35.5. The van der Waals surface area contributed by atoms with Crippen LogP contribution in [0.1, 0.15) is 10.4 Å². The van der Waals surface area contributed by atoms with E-state index in [-0.39, 0.29) is 26.9 Å². The molecule has 0 aromatic heterocycles. The molecule has 2 N–H and O–H groups in total. The Morgan fingerprint density at radius 1 is 1.03 bits per heavy atom. The van der Waals surface area contributed by atoms with Gasteiger partial charge in [-0.15, -0.1) is 0 Å². The van der Waals surface area contributed by atoms with E-state index >= 15 is 0 Å². The Hall–Kier alpha value is -3.50. The molecule has 0 bridgehead atoms. The first kappa shape index (κ1) is 21.2. The van der Waals surface area contributed by atoms with E-state index in [1.807, 2.05) is 0 Å². The summed E-state index contributed by atoms with van der Waals surface area (Å²) in [6.45, 7) is 0. The predicted octanol–water partition coefficient (Wildman–Crippen LogP) is 4.44. The lowest BCUT2D eigenvalue weighted by Gasteiger charge is -2.10. The van der Waals surface area contributed by atoms with Crippen molar-refractivity contribution in [1.29, 1.82) is 0 Å². The number of sulfonamides is 1. The van der Waals surface area contributed by atoms with Gasteiger partial charge in [-0.25, -0.2) is 12.8 Å². The lowest BCUT2D eigenvalue weighted by atomic mass is 10.2. The summed E-state index contributed by atoms with van der Waals surface area (Å²) in [5, 5.41) is 13.2. The van der Waals surface area contributed by atoms with Gasteiger partial charge in [-0.3, -0.25) is 19.6 Å². The monoisotopic (exact) mass is 449 g/mol. The fourth-order valence-corrected chi connectivity index (χ4v) is 3.73. The first-order chi connectivity index (χ1) is 14.2. The largest absolute Gasteiger partial charge is 0.319 e.